The number of halogens is 1. The number of carbonyl (C=O) groups is 1. The molecule has 10 nitrogen and oxygen atoms in total. The Morgan fingerprint density at radius 2 is 1.88 bits per heavy atom. The lowest BCUT2D eigenvalue weighted by atomic mass is 9.98. The highest BCUT2D eigenvalue weighted by Crippen LogP contribution is 2.26. The summed E-state index contributed by atoms with van der Waals surface area (Å²) < 4.78 is 9.65. The normalized spacial score (nSPS) is 15.5. The standard InChI is InChI=1S/C30H32BrN5O5/c1-17-11-21(5-10-26(17)31)28(39)34-14-27-25(13-19(34)3)29(40)35(30(32-27)36-20(4)12-18(2)33-36)22-6-8-24(9-7-22)41-16-23(38)15-37/h5-12,19,23,37-38H,13-16H2,1-4H3/t19-,23+/m1/s1. The van der Waals surface area contributed by atoms with Gasteiger partial charge >= 0.3 is 0 Å². The largest absolute Gasteiger partial charge is 0.491 e. The van der Waals surface area contributed by atoms with Crippen LogP contribution in [-0.2, 0) is 13.0 Å². The smallest absolute Gasteiger partial charge is 0.263 e. The van der Waals surface area contributed by atoms with E-state index in [4.69, 9.17) is 14.8 Å². The van der Waals surface area contributed by atoms with Gasteiger partial charge in [0.05, 0.1) is 30.2 Å². The van der Waals surface area contributed by atoms with Gasteiger partial charge in [-0.25, -0.2) is 14.2 Å². The number of nitrogens with zero attached hydrogens (tertiary/aromatic N) is 5. The van der Waals surface area contributed by atoms with E-state index in [1.807, 2.05) is 45.9 Å². The van der Waals surface area contributed by atoms with Crippen LogP contribution >= 0.6 is 15.9 Å². The second kappa shape index (κ2) is 11.6. The lowest BCUT2D eigenvalue weighted by Gasteiger charge is -2.34. The van der Waals surface area contributed by atoms with E-state index in [0.717, 1.165) is 21.4 Å². The van der Waals surface area contributed by atoms with Gasteiger partial charge in [0, 0.05) is 27.3 Å². The third-order valence-corrected chi connectivity index (χ3v) is 8.10. The molecular formula is C30H32BrN5O5. The predicted molar refractivity (Wildman–Crippen MR) is 157 cm³/mol. The fourth-order valence-electron chi connectivity index (χ4n) is 5.00. The predicted octanol–water partition coefficient (Wildman–Crippen LogP) is 3.42. The van der Waals surface area contributed by atoms with E-state index >= 15 is 0 Å². The molecule has 0 saturated carbocycles. The van der Waals surface area contributed by atoms with E-state index < -0.39 is 12.7 Å². The quantitative estimate of drug-likeness (QED) is 0.324. The van der Waals surface area contributed by atoms with Crippen LogP contribution in [0.3, 0.4) is 0 Å². The van der Waals surface area contributed by atoms with E-state index in [2.05, 4.69) is 21.0 Å². The zero-order valence-corrected chi connectivity index (χ0v) is 24.9. The summed E-state index contributed by atoms with van der Waals surface area (Å²) in [5.74, 6) is 0.697. The molecule has 0 fully saturated rings. The molecule has 3 heterocycles. The number of aromatic nitrogens is 4. The second-order valence-electron chi connectivity index (χ2n) is 10.4. The summed E-state index contributed by atoms with van der Waals surface area (Å²) in [6.45, 7) is 7.40. The van der Waals surface area contributed by atoms with Crippen LogP contribution in [0.1, 0.15) is 45.5 Å². The molecule has 0 saturated heterocycles. The van der Waals surface area contributed by atoms with Gasteiger partial charge in [0.15, 0.2) is 0 Å². The number of aliphatic hydroxyl groups is 2. The molecule has 0 aliphatic carbocycles. The number of fused-ring (bicyclic) bond motifs is 1. The van der Waals surface area contributed by atoms with Crippen molar-refractivity contribution in [2.75, 3.05) is 13.2 Å². The molecule has 1 aliphatic rings. The fraction of sp³-hybridized carbons (Fsp3) is 0.333. The van der Waals surface area contributed by atoms with Crippen molar-refractivity contribution >= 4 is 21.8 Å². The zero-order chi connectivity index (χ0) is 29.4. The van der Waals surface area contributed by atoms with Crippen LogP contribution in [0.25, 0.3) is 11.6 Å². The summed E-state index contributed by atoms with van der Waals surface area (Å²) in [5.41, 5.74) is 4.60. The maximum Gasteiger partial charge on any atom is 0.263 e. The van der Waals surface area contributed by atoms with Crippen molar-refractivity contribution < 1.29 is 19.7 Å². The van der Waals surface area contributed by atoms with Gasteiger partial charge in [-0.3, -0.25) is 9.59 Å². The highest BCUT2D eigenvalue weighted by molar-refractivity contribution is 9.10. The molecule has 1 amide bonds. The Kier molecular flexibility index (Phi) is 8.12. The minimum atomic E-state index is -0.985. The molecule has 4 aromatic rings. The van der Waals surface area contributed by atoms with Crippen molar-refractivity contribution in [1.29, 1.82) is 0 Å². The van der Waals surface area contributed by atoms with Crippen LogP contribution in [0, 0.1) is 20.8 Å². The Morgan fingerprint density at radius 3 is 2.51 bits per heavy atom. The number of rotatable bonds is 7. The number of ether oxygens (including phenoxy) is 1. The van der Waals surface area contributed by atoms with Crippen molar-refractivity contribution in [1.82, 2.24) is 24.2 Å². The van der Waals surface area contributed by atoms with Crippen molar-refractivity contribution in [3.8, 4) is 17.4 Å². The van der Waals surface area contributed by atoms with E-state index in [9.17, 15) is 14.7 Å². The summed E-state index contributed by atoms with van der Waals surface area (Å²) in [6, 6.07) is 14.1. The van der Waals surface area contributed by atoms with Crippen molar-refractivity contribution in [2.45, 2.75) is 52.8 Å². The van der Waals surface area contributed by atoms with Crippen LogP contribution in [-0.4, -0.2) is 65.7 Å². The molecule has 214 valence electrons. The Balaban J connectivity index is 1.57. The Labute approximate surface area is 246 Å². The summed E-state index contributed by atoms with van der Waals surface area (Å²) in [6.07, 6.45) is -0.624. The first-order valence-corrected chi connectivity index (χ1v) is 14.1. The molecule has 0 unspecified atom stereocenters. The van der Waals surface area contributed by atoms with Gasteiger partial charge in [0.25, 0.3) is 11.5 Å². The molecule has 2 aromatic carbocycles. The first-order chi connectivity index (χ1) is 19.6. The van der Waals surface area contributed by atoms with Crippen LogP contribution in [0.2, 0.25) is 0 Å². The maximum absolute atomic E-state index is 14.1. The minimum absolute atomic E-state index is 0.0554. The Bertz CT molecular complexity index is 1660. The molecule has 0 bridgehead atoms. The highest BCUT2D eigenvalue weighted by atomic mass is 79.9. The molecule has 2 atom stereocenters. The molecule has 2 aromatic heterocycles. The number of benzene rings is 2. The zero-order valence-electron chi connectivity index (χ0n) is 23.3. The molecule has 2 N–H and O–H groups in total. The molecule has 41 heavy (non-hydrogen) atoms. The van der Waals surface area contributed by atoms with Crippen LogP contribution < -0.4 is 10.3 Å². The number of hydrogen-bond donors (Lipinski definition) is 2. The van der Waals surface area contributed by atoms with Crippen LogP contribution in [0.5, 0.6) is 5.75 Å². The van der Waals surface area contributed by atoms with Crippen molar-refractivity contribution in [3.63, 3.8) is 0 Å². The topological polar surface area (TPSA) is 123 Å². The first-order valence-electron chi connectivity index (χ1n) is 13.3. The average Bonchev–Trinajstić information content (AvgIpc) is 3.30. The van der Waals surface area contributed by atoms with Gasteiger partial charge in [-0.05, 0) is 88.2 Å². The fourth-order valence-corrected chi connectivity index (χ4v) is 5.25. The van der Waals surface area contributed by atoms with E-state index in [0.29, 0.717) is 40.6 Å². The van der Waals surface area contributed by atoms with Gasteiger partial charge in [-0.15, -0.1) is 0 Å². The van der Waals surface area contributed by atoms with E-state index in [-0.39, 0.29) is 30.7 Å². The number of aryl methyl sites for hydroxylation is 3. The highest BCUT2D eigenvalue weighted by Gasteiger charge is 2.32. The van der Waals surface area contributed by atoms with Gasteiger partial charge in [0.2, 0.25) is 5.95 Å². The van der Waals surface area contributed by atoms with Crippen molar-refractivity contribution in [3.05, 3.63) is 97.1 Å². The second-order valence-corrected chi connectivity index (χ2v) is 11.3. The van der Waals surface area contributed by atoms with Gasteiger partial charge in [0.1, 0.15) is 18.5 Å². The van der Waals surface area contributed by atoms with Crippen LogP contribution in [0.4, 0.5) is 0 Å². The first kappa shape index (κ1) is 28.7. The van der Waals surface area contributed by atoms with E-state index in [1.54, 1.807) is 39.9 Å². The number of aliphatic hydroxyl groups excluding tert-OH is 2. The monoisotopic (exact) mass is 621 g/mol. The molecule has 0 spiro atoms. The van der Waals surface area contributed by atoms with Gasteiger partial charge < -0.3 is 19.8 Å². The number of hydrogen-bond acceptors (Lipinski definition) is 7. The molecular weight excluding hydrogens is 590 g/mol. The maximum atomic E-state index is 14.1. The molecule has 0 radical (unpaired) electrons. The summed E-state index contributed by atoms with van der Waals surface area (Å²) in [5, 5.41) is 23.2. The van der Waals surface area contributed by atoms with Crippen molar-refractivity contribution in [2.24, 2.45) is 0 Å². The molecule has 11 heteroatoms. The average molecular weight is 623 g/mol. The van der Waals surface area contributed by atoms with Gasteiger partial charge in [-0.1, -0.05) is 15.9 Å². The minimum Gasteiger partial charge on any atom is -0.491 e. The lowest BCUT2D eigenvalue weighted by molar-refractivity contribution is 0.0536. The number of amides is 1. The summed E-state index contributed by atoms with van der Waals surface area (Å²) in [4.78, 5) is 34.4. The molecule has 1 aliphatic heterocycles. The van der Waals surface area contributed by atoms with Gasteiger partial charge in [-0.2, -0.15) is 5.10 Å². The van der Waals surface area contributed by atoms with Crippen LogP contribution in [0.15, 0.2) is 57.8 Å². The number of carbonyl (C=O) groups excluding carboxylic acids is 1. The molecule has 5 rings (SSSR count). The lowest BCUT2D eigenvalue weighted by Crippen LogP contribution is -2.46. The van der Waals surface area contributed by atoms with E-state index in [1.165, 1.54) is 4.57 Å². The Hall–Kier alpha value is -3.80. The summed E-state index contributed by atoms with van der Waals surface area (Å²) >= 11 is 3.49. The summed E-state index contributed by atoms with van der Waals surface area (Å²) in [7, 11) is 0. The Morgan fingerprint density at radius 1 is 1.15 bits per heavy atom. The third kappa shape index (κ3) is 5.70. The SMILES string of the molecule is Cc1cc(C)n(-c2nc3c(c(=O)n2-c2ccc(OC[C@@H](O)CO)cc2)C[C@@H](C)N(C(=O)c2ccc(Br)c(C)c2)C3)n1. The third-order valence-electron chi connectivity index (χ3n) is 7.21.